The Morgan fingerprint density at radius 3 is 2.82 bits per heavy atom. The van der Waals surface area contributed by atoms with Crippen LogP contribution in [0.5, 0.6) is 0 Å². The Balaban J connectivity index is 2.26. The van der Waals surface area contributed by atoms with Gasteiger partial charge in [0, 0.05) is 19.6 Å². The fraction of sp³-hybridized carbons (Fsp3) is 0.923. The summed E-state index contributed by atoms with van der Waals surface area (Å²) in [6.07, 6.45) is 5.08. The Bertz CT molecular complexity index is 233. The Morgan fingerprint density at radius 2 is 2.24 bits per heavy atom. The molecule has 0 aromatic rings. The van der Waals surface area contributed by atoms with Gasteiger partial charge < -0.3 is 15.3 Å². The van der Waals surface area contributed by atoms with Gasteiger partial charge in [-0.2, -0.15) is 0 Å². The molecule has 1 aliphatic rings. The van der Waals surface area contributed by atoms with Crippen LogP contribution in [0.1, 0.15) is 39.5 Å². The molecule has 2 unspecified atom stereocenters. The number of hydrogen-bond donors (Lipinski definition) is 2. The fourth-order valence-electron chi connectivity index (χ4n) is 2.61. The number of carbonyl (C=O) groups excluding carboxylic acids is 1. The number of amides is 2. The van der Waals surface area contributed by atoms with Gasteiger partial charge in [0.1, 0.15) is 0 Å². The van der Waals surface area contributed by atoms with Gasteiger partial charge in [-0.15, -0.1) is 0 Å². The maximum Gasteiger partial charge on any atom is 0.317 e. The lowest BCUT2D eigenvalue weighted by atomic mass is 9.82. The lowest BCUT2D eigenvalue weighted by Crippen LogP contribution is -2.43. The number of likely N-dealkylation sites (N-methyl/N-ethyl adjacent to an activating group) is 1. The molecule has 1 saturated carbocycles. The van der Waals surface area contributed by atoms with E-state index in [2.05, 4.69) is 12.2 Å². The van der Waals surface area contributed by atoms with Crippen molar-refractivity contribution >= 4 is 6.03 Å². The van der Waals surface area contributed by atoms with E-state index in [9.17, 15) is 4.79 Å². The van der Waals surface area contributed by atoms with E-state index in [-0.39, 0.29) is 12.6 Å². The largest absolute Gasteiger partial charge is 0.395 e. The van der Waals surface area contributed by atoms with Gasteiger partial charge in [0.25, 0.3) is 0 Å². The average Bonchev–Trinajstić information content (AvgIpc) is 2.33. The molecule has 2 N–H and O–H groups in total. The molecule has 0 saturated heterocycles. The summed E-state index contributed by atoms with van der Waals surface area (Å²) in [5, 5.41) is 11.8. The quantitative estimate of drug-likeness (QED) is 0.773. The van der Waals surface area contributed by atoms with Gasteiger partial charge in [-0.25, -0.2) is 4.79 Å². The third kappa shape index (κ3) is 4.94. The number of nitrogens with zero attached hydrogens (tertiary/aromatic N) is 1. The Kier molecular flexibility index (Phi) is 6.34. The van der Waals surface area contributed by atoms with Crippen LogP contribution in [-0.2, 0) is 0 Å². The number of nitrogens with one attached hydrogen (secondary N) is 1. The Hall–Kier alpha value is -0.770. The van der Waals surface area contributed by atoms with E-state index < -0.39 is 0 Å². The molecule has 17 heavy (non-hydrogen) atoms. The standard InChI is InChI=1S/C13H26N2O2/c1-3-15(7-8-16)13(17)14-10-12-6-4-5-11(2)9-12/h11-12,16H,3-10H2,1-2H3,(H,14,17). The number of rotatable bonds is 5. The maximum atomic E-state index is 11.8. The van der Waals surface area contributed by atoms with Crippen LogP contribution in [0.15, 0.2) is 0 Å². The topological polar surface area (TPSA) is 52.6 Å². The fourth-order valence-corrected chi connectivity index (χ4v) is 2.61. The summed E-state index contributed by atoms with van der Waals surface area (Å²) in [6.45, 7) is 6.10. The number of carbonyl (C=O) groups is 1. The summed E-state index contributed by atoms with van der Waals surface area (Å²) in [5.41, 5.74) is 0. The zero-order chi connectivity index (χ0) is 12.7. The molecule has 4 heteroatoms. The highest BCUT2D eigenvalue weighted by molar-refractivity contribution is 5.74. The predicted molar refractivity (Wildman–Crippen MR) is 68.9 cm³/mol. The molecule has 0 bridgehead atoms. The molecular weight excluding hydrogens is 216 g/mol. The first kappa shape index (κ1) is 14.3. The van der Waals surface area contributed by atoms with Crippen LogP contribution in [0, 0.1) is 11.8 Å². The number of aliphatic hydroxyl groups is 1. The van der Waals surface area contributed by atoms with Crippen molar-refractivity contribution in [1.29, 1.82) is 0 Å². The minimum absolute atomic E-state index is 0.0295. The molecule has 0 aromatic heterocycles. The molecule has 1 fully saturated rings. The van der Waals surface area contributed by atoms with Gasteiger partial charge in [-0.1, -0.05) is 19.8 Å². The second kappa shape index (κ2) is 7.54. The number of urea groups is 1. The molecule has 0 radical (unpaired) electrons. The van der Waals surface area contributed by atoms with Crippen LogP contribution in [0.4, 0.5) is 4.79 Å². The molecule has 4 nitrogen and oxygen atoms in total. The van der Waals surface area contributed by atoms with Crippen LogP contribution in [-0.4, -0.2) is 42.3 Å². The van der Waals surface area contributed by atoms with Gasteiger partial charge in [-0.3, -0.25) is 0 Å². The maximum absolute atomic E-state index is 11.8. The summed E-state index contributed by atoms with van der Waals surface area (Å²) >= 11 is 0. The first-order valence-corrected chi connectivity index (χ1v) is 6.81. The molecule has 0 aliphatic heterocycles. The summed E-state index contributed by atoms with van der Waals surface area (Å²) in [6, 6.07) is -0.0419. The van der Waals surface area contributed by atoms with Crippen molar-refractivity contribution in [2.24, 2.45) is 11.8 Å². The third-order valence-electron chi connectivity index (χ3n) is 3.63. The van der Waals surface area contributed by atoms with Gasteiger partial charge in [0.15, 0.2) is 0 Å². The van der Waals surface area contributed by atoms with Crippen LogP contribution in [0.2, 0.25) is 0 Å². The summed E-state index contributed by atoms with van der Waals surface area (Å²) in [7, 11) is 0. The normalized spacial score (nSPS) is 24.4. The van der Waals surface area contributed by atoms with Crippen molar-refractivity contribution in [2.75, 3.05) is 26.2 Å². The van der Waals surface area contributed by atoms with Crippen molar-refractivity contribution < 1.29 is 9.90 Å². The van der Waals surface area contributed by atoms with E-state index >= 15 is 0 Å². The van der Waals surface area contributed by atoms with Crippen molar-refractivity contribution in [3.05, 3.63) is 0 Å². The molecule has 1 rings (SSSR count). The van der Waals surface area contributed by atoms with Crippen LogP contribution < -0.4 is 5.32 Å². The highest BCUT2D eigenvalue weighted by Gasteiger charge is 2.20. The average molecular weight is 242 g/mol. The van der Waals surface area contributed by atoms with Gasteiger partial charge >= 0.3 is 6.03 Å². The van der Waals surface area contributed by atoms with E-state index in [1.807, 2.05) is 6.92 Å². The second-order valence-corrected chi connectivity index (χ2v) is 5.13. The van der Waals surface area contributed by atoms with E-state index in [1.165, 1.54) is 25.7 Å². The number of aliphatic hydroxyl groups excluding tert-OH is 1. The van der Waals surface area contributed by atoms with E-state index in [1.54, 1.807) is 4.90 Å². The van der Waals surface area contributed by atoms with Crippen molar-refractivity contribution in [1.82, 2.24) is 10.2 Å². The lowest BCUT2D eigenvalue weighted by molar-refractivity contribution is 0.176. The molecule has 0 heterocycles. The minimum Gasteiger partial charge on any atom is -0.395 e. The molecule has 0 spiro atoms. The third-order valence-corrected chi connectivity index (χ3v) is 3.63. The van der Waals surface area contributed by atoms with E-state index in [0.717, 1.165) is 12.5 Å². The molecule has 0 aromatic carbocycles. The summed E-state index contributed by atoms with van der Waals surface area (Å²) in [4.78, 5) is 13.4. The lowest BCUT2D eigenvalue weighted by Gasteiger charge is -2.28. The number of hydrogen-bond acceptors (Lipinski definition) is 2. The Labute approximate surface area is 104 Å². The van der Waals surface area contributed by atoms with Gasteiger partial charge in [0.2, 0.25) is 0 Å². The smallest absolute Gasteiger partial charge is 0.317 e. The van der Waals surface area contributed by atoms with Crippen molar-refractivity contribution in [3.8, 4) is 0 Å². The van der Waals surface area contributed by atoms with Gasteiger partial charge in [-0.05, 0) is 31.6 Å². The van der Waals surface area contributed by atoms with Gasteiger partial charge in [0.05, 0.1) is 6.61 Å². The summed E-state index contributed by atoms with van der Waals surface area (Å²) in [5.74, 6) is 1.43. The van der Waals surface area contributed by atoms with Crippen LogP contribution >= 0.6 is 0 Å². The van der Waals surface area contributed by atoms with E-state index in [0.29, 0.717) is 19.0 Å². The SMILES string of the molecule is CCN(CCO)C(=O)NCC1CCCC(C)C1. The zero-order valence-corrected chi connectivity index (χ0v) is 11.1. The molecule has 1 aliphatic carbocycles. The first-order valence-electron chi connectivity index (χ1n) is 6.81. The molecular formula is C13H26N2O2. The second-order valence-electron chi connectivity index (χ2n) is 5.13. The molecule has 100 valence electrons. The summed E-state index contributed by atoms with van der Waals surface area (Å²) < 4.78 is 0. The highest BCUT2D eigenvalue weighted by atomic mass is 16.3. The monoisotopic (exact) mass is 242 g/mol. The highest BCUT2D eigenvalue weighted by Crippen LogP contribution is 2.27. The molecule has 2 amide bonds. The van der Waals surface area contributed by atoms with E-state index in [4.69, 9.17) is 5.11 Å². The van der Waals surface area contributed by atoms with Crippen LogP contribution in [0.3, 0.4) is 0 Å². The van der Waals surface area contributed by atoms with Crippen LogP contribution in [0.25, 0.3) is 0 Å². The predicted octanol–water partition coefficient (Wildman–Crippen LogP) is 1.84. The zero-order valence-electron chi connectivity index (χ0n) is 11.1. The molecule has 2 atom stereocenters. The Morgan fingerprint density at radius 1 is 1.47 bits per heavy atom. The van der Waals surface area contributed by atoms with Crippen molar-refractivity contribution in [2.45, 2.75) is 39.5 Å². The first-order chi connectivity index (χ1) is 8.17. The van der Waals surface area contributed by atoms with Crippen molar-refractivity contribution in [3.63, 3.8) is 0 Å². The minimum atomic E-state index is -0.0419.